The second-order valence-electron chi connectivity index (χ2n) is 9.70. The summed E-state index contributed by atoms with van der Waals surface area (Å²) in [5.41, 5.74) is 4.13. The van der Waals surface area contributed by atoms with Crippen molar-refractivity contribution >= 4 is 49.1 Å². The highest BCUT2D eigenvalue weighted by Crippen LogP contribution is 2.42. The van der Waals surface area contributed by atoms with Crippen LogP contribution in [0, 0.1) is 5.82 Å². The lowest BCUT2D eigenvalue weighted by Crippen LogP contribution is -2.17. The van der Waals surface area contributed by atoms with Crippen molar-refractivity contribution < 1.29 is 4.39 Å². The molecule has 0 radical (unpaired) electrons. The molecule has 1 aromatic carbocycles. The number of hydrogen-bond donors (Lipinski definition) is 2. The predicted octanol–water partition coefficient (Wildman–Crippen LogP) is 7.83. The first-order valence-corrected chi connectivity index (χ1v) is 14.2. The molecule has 2 N–H and O–H groups in total. The molecule has 0 atom stereocenters. The summed E-state index contributed by atoms with van der Waals surface area (Å²) >= 11 is 7.55. The molecule has 2 aliphatic carbocycles. The van der Waals surface area contributed by atoms with Crippen LogP contribution in [0.4, 0.5) is 16.2 Å². The van der Waals surface area contributed by atoms with Crippen molar-refractivity contribution in [2.24, 2.45) is 0 Å². The molecule has 6 nitrogen and oxygen atoms in total. The number of anilines is 2. The van der Waals surface area contributed by atoms with Gasteiger partial charge >= 0.3 is 0 Å². The Bertz CT molecular complexity index is 1390. The molecule has 2 saturated carbocycles. The Morgan fingerprint density at radius 3 is 2.22 bits per heavy atom. The van der Waals surface area contributed by atoms with Gasteiger partial charge in [0.1, 0.15) is 17.3 Å². The predicted molar refractivity (Wildman–Crippen MR) is 149 cm³/mol. The van der Waals surface area contributed by atoms with E-state index in [9.17, 15) is 4.39 Å². The third kappa shape index (κ3) is 4.63. The third-order valence-corrected chi connectivity index (χ3v) is 8.43. The zero-order valence-corrected chi connectivity index (χ0v) is 22.9. The lowest BCUT2D eigenvalue weighted by Gasteiger charge is -2.17. The fourth-order valence-corrected chi connectivity index (χ4v) is 6.83. The number of aromatic nitrogens is 4. The van der Waals surface area contributed by atoms with Gasteiger partial charge in [0.05, 0.1) is 21.2 Å². The van der Waals surface area contributed by atoms with Crippen LogP contribution in [0.5, 0.6) is 0 Å². The molecule has 36 heavy (non-hydrogen) atoms. The monoisotopic (exact) mass is 612 g/mol. The summed E-state index contributed by atoms with van der Waals surface area (Å²) in [4.78, 5) is 9.43. The normalized spacial score (nSPS) is 16.8. The van der Waals surface area contributed by atoms with E-state index in [1.54, 1.807) is 18.3 Å². The summed E-state index contributed by atoms with van der Waals surface area (Å²) in [5.74, 6) is 1.26. The van der Waals surface area contributed by atoms with Crippen LogP contribution >= 0.6 is 31.9 Å². The van der Waals surface area contributed by atoms with Crippen LogP contribution in [0.3, 0.4) is 0 Å². The molecule has 0 amide bonds. The van der Waals surface area contributed by atoms with E-state index in [0.29, 0.717) is 18.0 Å². The van der Waals surface area contributed by atoms with Crippen LogP contribution in [0.15, 0.2) is 51.5 Å². The van der Waals surface area contributed by atoms with E-state index in [1.165, 1.54) is 37.8 Å². The fraction of sp³-hybridized carbons (Fsp3) is 0.370. The highest BCUT2D eigenvalue weighted by Gasteiger charge is 2.25. The van der Waals surface area contributed by atoms with E-state index in [-0.39, 0.29) is 5.82 Å². The van der Waals surface area contributed by atoms with Crippen molar-refractivity contribution in [2.75, 3.05) is 10.6 Å². The number of nitrogens with zero attached hydrogens (tertiary/aromatic N) is 4. The van der Waals surface area contributed by atoms with Gasteiger partial charge in [-0.3, -0.25) is 0 Å². The molecule has 0 aliphatic heterocycles. The SMILES string of the molecule is Fc1ccc(-c2nn3c(NC4CCCC4)c(Br)cc(Br)c3c2-c2ccnc(NC3CCCC3)n2)cc1. The van der Waals surface area contributed by atoms with E-state index in [2.05, 4.69) is 53.5 Å². The molecular formula is C27H27Br2FN6. The first-order chi connectivity index (χ1) is 17.6. The van der Waals surface area contributed by atoms with Crippen LogP contribution in [-0.4, -0.2) is 31.7 Å². The van der Waals surface area contributed by atoms with E-state index in [1.807, 2.05) is 10.6 Å². The Kier molecular flexibility index (Phi) is 6.69. The second-order valence-corrected chi connectivity index (χ2v) is 11.4. The van der Waals surface area contributed by atoms with Crippen molar-refractivity contribution in [3.63, 3.8) is 0 Å². The average Bonchev–Trinajstić information content (AvgIpc) is 3.64. The van der Waals surface area contributed by atoms with Crippen LogP contribution in [0.1, 0.15) is 51.4 Å². The molecule has 2 aliphatic rings. The molecule has 4 aromatic rings. The lowest BCUT2D eigenvalue weighted by atomic mass is 10.0. The minimum absolute atomic E-state index is 0.276. The number of halogens is 3. The summed E-state index contributed by atoms with van der Waals surface area (Å²) in [5, 5.41) is 12.3. The van der Waals surface area contributed by atoms with Gasteiger partial charge in [-0.15, -0.1) is 0 Å². The fourth-order valence-electron chi connectivity index (χ4n) is 5.42. The minimum atomic E-state index is -0.276. The summed E-state index contributed by atoms with van der Waals surface area (Å²) in [6.07, 6.45) is 11.3. The molecule has 6 rings (SSSR count). The quantitative estimate of drug-likeness (QED) is 0.232. The third-order valence-electron chi connectivity index (χ3n) is 7.22. The molecule has 0 unspecified atom stereocenters. The number of nitrogens with one attached hydrogen (secondary N) is 2. The summed E-state index contributed by atoms with van der Waals surface area (Å²) in [6.45, 7) is 0. The molecule has 9 heteroatoms. The largest absolute Gasteiger partial charge is 0.366 e. The Balaban J connectivity index is 1.54. The first kappa shape index (κ1) is 23.9. The maximum atomic E-state index is 13.8. The van der Waals surface area contributed by atoms with Crippen LogP contribution in [0.25, 0.3) is 28.0 Å². The van der Waals surface area contributed by atoms with Gasteiger partial charge in [0, 0.05) is 28.3 Å². The van der Waals surface area contributed by atoms with Crippen LogP contribution in [0.2, 0.25) is 0 Å². The maximum Gasteiger partial charge on any atom is 0.223 e. The minimum Gasteiger partial charge on any atom is -0.366 e. The Morgan fingerprint density at radius 2 is 1.53 bits per heavy atom. The van der Waals surface area contributed by atoms with Gasteiger partial charge in [-0.25, -0.2) is 18.9 Å². The Hall–Kier alpha value is -2.52. The molecule has 0 spiro atoms. The molecule has 0 saturated heterocycles. The van der Waals surface area contributed by atoms with Gasteiger partial charge in [-0.1, -0.05) is 25.7 Å². The second kappa shape index (κ2) is 10.1. The van der Waals surface area contributed by atoms with Gasteiger partial charge in [-0.05, 0) is 93.9 Å². The average molecular weight is 614 g/mol. The molecule has 2 fully saturated rings. The van der Waals surface area contributed by atoms with E-state index in [4.69, 9.17) is 10.1 Å². The summed E-state index contributed by atoms with van der Waals surface area (Å²) in [7, 11) is 0. The van der Waals surface area contributed by atoms with E-state index >= 15 is 0 Å². The highest BCUT2D eigenvalue weighted by atomic mass is 79.9. The van der Waals surface area contributed by atoms with Gasteiger partial charge in [0.2, 0.25) is 5.95 Å². The van der Waals surface area contributed by atoms with Gasteiger partial charge in [-0.2, -0.15) is 5.10 Å². The van der Waals surface area contributed by atoms with Crippen molar-refractivity contribution in [2.45, 2.75) is 63.5 Å². The molecule has 186 valence electrons. The highest BCUT2D eigenvalue weighted by molar-refractivity contribution is 9.11. The van der Waals surface area contributed by atoms with E-state index < -0.39 is 0 Å². The first-order valence-electron chi connectivity index (χ1n) is 12.6. The zero-order chi connectivity index (χ0) is 24.6. The topological polar surface area (TPSA) is 67.1 Å². The van der Waals surface area contributed by atoms with Crippen LogP contribution < -0.4 is 10.6 Å². The zero-order valence-electron chi connectivity index (χ0n) is 19.8. The summed E-state index contributed by atoms with van der Waals surface area (Å²) in [6, 6.07) is 11.3. The molecule has 3 aromatic heterocycles. The summed E-state index contributed by atoms with van der Waals surface area (Å²) < 4.78 is 17.6. The lowest BCUT2D eigenvalue weighted by molar-refractivity contribution is 0.628. The van der Waals surface area contributed by atoms with Crippen molar-refractivity contribution in [1.82, 2.24) is 19.6 Å². The number of rotatable bonds is 6. The Labute approximate surface area is 226 Å². The molecule has 3 heterocycles. The maximum absolute atomic E-state index is 13.8. The van der Waals surface area contributed by atoms with Crippen LogP contribution in [-0.2, 0) is 0 Å². The number of benzene rings is 1. The van der Waals surface area contributed by atoms with Crippen molar-refractivity contribution in [3.8, 4) is 22.5 Å². The standard InChI is InChI=1S/C27H27Br2FN6/c28-20-15-21(29)26(32-18-5-1-2-6-18)36-25(20)23(24(35-36)16-9-11-17(30)12-10-16)22-13-14-31-27(34-22)33-19-7-3-4-8-19/h9-15,18-19,32H,1-8H2,(H,31,33,34). The van der Waals surface area contributed by atoms with Crippen molar-refractivity contribution in [3.05, 3.63) is 57.4 Å². The Morgan fingerprint density at radius 1 is 0.861 bits per heavy atom. The van der Waals surface area contributed by atoms with Gasteiger partial charge < -0.3 is 10.6 Å². The molecular weight excluding hydrogens is 587 g/mol. The van der Waals surface area contributed by atoms with Gasteiger partial charge in [0.15, 0.2) is 0 Å². The smallest absolute Gasteiger partial charge is 0.223 e. The number of hydrogen-bond acceptors (Lipinski definition) is 5. The van der Waals surface area contributed by atoms with E-state index in [0.717, 1.165) is 68.5 Å². The van der Waals surface area contributed by atoms with Gasteiger partial charge in [0.25, 0.3) is 0 Å². The molecule has 0 bridgehead atoms. The van der Waals surface area contributed by atoms with Crippen molar-refractivity contribution in [1.29, 1.82) is 0 Å². The number of pyridine rings is 1. The number of fused-ring (bicyclic) bond motifs is 1.